The van der Waals surface area contributed by atoms with Gasteiger partial charge < -0.3 is 15.1 Å². The molecule has 0 saturated heterocycles. The van der Waals surface area contributed by atoms with Gasteiger partial charge in [0.1, 0.15) is 11.5 Å². The molecule has 0 aliphatic rings. The fraction of sp³-hybridized carbons (Fsp3) is 0.414. The maximum Gasteiger partial charge on any atom is 0.262 e. The molecule has 4 heteroatoms. The van der Waals surface area contributed by atoms with Gasteiger partial charge >= 0.3 is 0 Å². The lowest BCUT2D eigenvalue weighted by atomic mass is 9.94. The normalized spacial score (nSPS) is 11.4. The second kappa shape index (κ2) is 12.9. The zero-order valence-electron chi connectivity index (χ0n) is 20.8. The summed E-state index contributed by atoms with van der Waals surface area (Å²) < 4.78 is 0. The third-order valence-electron chi connectivity index (χ3n) is 5.92. The fourth-order valence-electron chi connectivity index (χ4n) is 3.85. The van der Waals surface area contributed by atoms with E-state index in [2.05, 4.69) is 33.8 Å². The molecule has 0 saturated carbocycles. The highest BCUT2D eigenvalue weighted by molar-refractivity contribution is 6.09. The molecule has 0 aliphatic heterocycles. The molecule has 2 aromatic rings. The number of carbonyl (C=O) groups is 1. The maximum atomic E-state index is 13.5. The zero-order chi connectivity index (χ0) is 24.4. The van der Waals surface area contributed by atoms with Crippen molar-refractivity contribution < 1.29 is 15.0 Å². The van der Waals surface area contributed by atoms with Crippen LogP contribution in [-0.4, -0.2) is 23.2 Å². The molecule has 0 radical (unpaired) electrons. The number of carbonyl (C=O) groups excluding carboxylic acids is 1. The molecule has 0 fully saturated rings. The van der Waals surface area contributed by atoms with E-state index in [-0.39, 0.29) is 17.4 Å². The monoisotopic (exact) mass is 449 g/mol. The number of rotatable bonds is 11. The van der Waals surface area contributed by atoms with Crippen molar-refractivity contribution in [1.29, 1.82) is 0 Å². The molecule has 1 amide bonds. The van der Waals surface area contributed by atoms with E-state index in [1.165, 1.54) is 11.1 Å². The second-order valence-corrected chi connectivity index (χ2v) is 8.99. The quantitative estimate of drug-likeness (QED) is 0.279. The first-order chi connectivity index (χ1) is 15.8. The minimum absolute atomic E-state index is 0.0475. The van der Waals surface area contributed by atoms with Crippen molar-refractivity contribution in [2.45, 2.75) is 72.6 Å². The Bertz CT molecular complexity index is 986. The van der Waals surface area contributed by atoms with Gasteiger partial charge in [-0.25, -0.2) is 0 Å². The summed E-state index contributed by atoms with van der Waals surface area (Å²) >= 11 is 0. The predicted octanol–water partition coefficient (Wildman–Crippen LogP) is 7.34. The molecule has 0 bridgehead atoms. The SMILES string of the molecule is CCCCCc1cc(O)c(CC=C(C)CCC=C(C)C)c(O)c1C(=O)N(C)c1ccccc1. The first kappa shape index (κ1) is 26.2. The van der Waals surface area contributed by atoms with Crippen LogP contribution in [0.3, 0.4) is 0 Å². The van der Waals surface area contributed by atoms with Gasteiger partial charge in [-0.2, -0.15) is 0 Å². The van der Waals surface area contributed by atoms with Crippen LogP contribution in [0.2, 0.25) is 0 Å². The third kappa shape index (κ3) is 7.52. The number of phenols is 2. The molecule has 0 spiro atoms. The Morgan fingerprint density at radius 3 is 2.36 bits per heavy atom. The minimum atomic E-state index is -0.268. The van der Waals surface area contributed by atoms with Crippen molar-refractivity contribution >= 4 is 11.6 Å². The Hall–Kier alpha value is -3.01. The molecule has 4 nitrogen and oxygen atoms in total. The predicted molar refractivity (Wildman–Crippen MR) is 138 cm³/mol. The molecule has 2 aromatic carbocycles. The fourth-order valence-corrected chi connectivity index (χ4v) is 3.85. The Labute approximate surface area is 199 Å². The number of aromatic hydroxyl groups is 2. The van der Waals surface area contributed by atoms with E-state index in [1.54, 1.807) is 18.0 Å². The molecule has 0 aliphatic carbocycles. The lowest BCUT2D eigenvalue weighted by Crippen LogP contribution is -2.27. The molecule has 2 rings (SSSR count). The van der Waals surface area contributed by atoms with Crippen molar-refractivity contribution in [2.75, 3.05) is 11.9 Å². The van der Waals surface area contributed by atoms with Gasteiger partial charge in [0.15, 0.2) is 0 Å². The molecular weight excluding hydrogens is 410 g/mol. The largest absolute Gasteiger partial charge is 0.508 e. The highest BCUT2D eigenvalue weighted by Crippen LogP contribution is 2.36. The van der Waals surface area contributed by atoms with E-state index < -0.39 is 0 Å². The number of amides is 1. The summed E-state index contributed by atoms with van der Waals surface area (Å²) in [5.74, 6) is -0.329. The summed E-state index contributed by atoms with van der Waals surface area (Å²) in [5, 5.41) is 21.9. The topological polar surface area (TPSA) is 60.8 Å². The van der Waals surface area contributed by atoms with Crippen molar-refractivity contribution in [3.63, 3.8) is 0 Å². The van der Waals surface area contributed by atoms with Crippen LogP contribution in [0.15, 0.2) is 59.7 Å². The van der Waals surface area contributed by atoms with Crippen LogP contribution in [0.25, 0.3) is 0 Å². The molecule has 0 heterocycles. The van der Waals surface area contributed by atoms with Crippen LogP contribution >= 0.6 is 0 Å². The Kier molecular flexibility index (Phi) is 10.2. The Balaban J connectivity index is 2.40. The van der Waals surface area contributed by atoms with Crippen molar-refractivity contribution in [1.82, 2.24) is 0 Å². The maximum absolute atomic E-state index is 13.5. The van der Waals surface area contributed by atoms with Crippen LogP contribution in [0.4, 0.5) is 5.69 Å². The van der Waals surface area contributed by atoms with Crippen LogP contribution in [0.1, 0.15) is 81.3 Å². The summed E-state index contributed by atoms with van der Waals surface area (Å²) in [6, 6.07) is 11.1. The number of aryl methyl sites for hydroxylation is 1. The third-order valence-corrected chi connectivity index (χ3v) is 5.92. The van der Waals surface area contributed by atoms with Crippen molar-refractivity contribution in [3.05, 3.63) is 76.4 Å². The Morgan fingerprint density at radius 1 is 1.03 bits per heavy atom. The lowest BCUT2D eigenvalue weighted by Gasteiger charge is -2.22. The van der Waals surface area contributed by atoms with E-state index >= 15 is 0 Å². The van der Waals surface area contributed by atoms with Gasteiger partial charge in [-0.15, -0.1) is 0 Å². The zero-order valence-corrected chi connectivity index (χ0v) is 20.8. The average molecular weight is 450 g/mol. The molecule has 0 atom stereocenters. The van der Waals surface area contributed by atoms with Gasteiger partial charge in [-0.1, -0.05) is 61.3 Å². The number of hydrogen-bond donors (Lipinski definition) is 2. The number of anilines is 1. The number of nitrogens with zero attached hydrogens (tertiary/aromatic N) is 1. The average Bonchev–Trinajstić information content (AvgIpc) is 2.78. The highest BCUT2D eigenvalue weighted by atomic mass is 16.3. The highest BCUT2D eigenvalue weighted by Gasteiger charge is 2.25. The molecule has 0 aromatic heterocycles. The van der Waals surface area contributed by atoms with E-state index in [0.717, 1.165) is 37.8 Å². The standard InChI is InChI=1S/C29H39NO3/c1-6-7-9-15-23-20-26(31)25(19-18-22(4)14-12-13-21(2)3)28(32)27(23)29(33)30(5)24-16-10-8-11-17-24/h8,10-11,13,16-18,20,31-32H,6-7,9,12,14-15,19H2,1-5H3. The van der Waals surface area contributed by atoms with E-state index in [4.69, 9.17) is 0 Å². The van der Waals surface area contributed by atoms with Gasteiger partial charge in [-0.05, 0) is 76.6 Å². The van der Waals surface area contributed by atoms with Gasteiger partial charge in [0.25, 0.3) is 5.91 Å². The Morgan fingerprint density at radius 2 is 1.73 bits per heavy atom. The van der Waals surface area contributed by atoms with E-state index in [0.29, 0.717) is 29.5 Å². The number of allylic oxidation sites excluding steroid dienone is 4. The summed E-state index contributed by atoms with van der Waals surface area (Å²) in [6.45, 7) is 8.35. The summed E-state index contributed by atoms with van der Waals surface area (Å²) in [6.07, 6.45) is 10.1. The van der Waals surface area contributed by atoms with Crippen molar-refractivity contribution in [2.24, 2.45) is 0 Å². The number of hydrogen-bond acceptors (Lipinski definition) is 3. The first-order valence-corrected chi connectivity index (χ1v) is 11.9. The van der Waals surface area contributed by atoms with Gasteiger partial charge in [0, 0.05) is 18.3 Å². The minimum Gasteiger partial charge on any atom is -0.508 e. The molecule has 0 unspecified atom stereocenters. The second-order valence-electron chi connectivity index (χ2n) is 8.99. The molecular formula is C29H39NO3. The number of unbranched alkanes of at least 4 members (excludes halogenated alkanes) is 2. The smallest absolute Gasteiger partial charge is 0.262 e. The van der Waals surface area contributed by atoms with Gasteiger partial charge in [0.05, 0.1) is 5.56 Å². The summed E-state index contributed by atoms with van der Waals surface area (Å²) in [4.78, 5) is 15.0. The van der Waals surface area contributed by atoms with E-state index in [9.17, 15) is 15.0 Å². The summed E-state index contributed by atoms with van der Waals surface area (Å²) in [7, 11) is 1.72. The number of benzene rings is 2. The van der Waals surface area contributed by atoms with Gasteiger partial charge in [0.2, 0.25) is 0 Å². The molecule has 178 valence electrons. The van der Waals surface area contributed by atoms with E-state index in [1.807, 2.05) is 36.4 Å². The van der Waals surface area contributed by atoms with Crippen LogP contribution < -0.4 is 4.90 Å². The van der Waals surface area contributed by atoms with Crippen LogP contribution in [0.5, 0.6) is 11.5 Å². The van der Waals surface area contributed by atoms with Gasteiger partial charge in [-0.3, -0.25) is 4.79 Å². The summed E-state index contributed by atoms with van der Waals surface area (Å²) in [5.41, 5.74) is 4.63. The lowest BCUT2D eigenvalue weighted by molar-refractivity contribution is 0.0989. The number of para-hydroxylation sites is 1. The first-order valence-electron chi connectivity index (χ1n) is 11.9. The van der Waals surface area contributed by atoms with Crippen LogP contribution in [0, 0.1) is 0 Å². The molecule has 2 N–H and O–H groups in total. The molecule has 33 heavy (non-hydrogen) atoms. The van der Waals surface area contributed by atoms with Crippen LogP contribution in [-0.2, 0) is 12.8 Å². The number of phenolic OH excluding ortho intramolecular Hbond substituents is 2. The van der Waals surface area contributed by atoms with Crippen molar-refractivity contribution in [3.8, 4) is 11.5 Å².